The van der Waals surface area contributed by atoms with E-state index in [0.29, 0.717) is 0 Å². The van der Waals surface area contributed by atoms with Crippen LogP contribution in [0.25, 0.3) is 0 Å². The van der Waals surface area contributed by atoms with E-state index in [4.69, 9.17) is 4.74 Å². The van der Waals surface area contributed by atoms with Crippen molar-refractivity contribution in [1.29, 1.82) is 0 Å². The van der Waals surface area contributed by atoms with E-state index in [1.807, 2.05) is 0 Å². The zero-order valence-electron chi connectivity index (χ0n) is 17.7. The number of rotatable bonds is 22. The minimum absolute atomic E-state index is 0.832. The summed E-state index contributed by atoms with van der Waals surface area (Å²) in [7, 11) is 3.41. The summed E-state index contributed by atoms with van der Waals surface area (Å²) in [5, 5.41) is 0. The van der Waals surface area contributed by atoms with Gasteiger partial charge in [0.15, 0.2) is 0 Å². The van der Waals surface area contributed by atoms with Crippen molar-refractivity contribution in [2.75, 3.05) is 6.61 Å². The molecule has 0 saturated heterocycles. The molecule has 1 radical (unpaired) electrons. The molecular formula is C24H49O. The van der Waals surface area contributed by atoms with Crippen molar-refractivity contribution in [3.63, 3.8) is 0 Å². The van der Waals surface area contributed by atoms with E-state index in [0.717, 1.165) is 6.61 Å². The Hall–Kier alpha value is -0.0400. The molecule has 0 aromatic carbocycles. The van der Waals surface area contributed by atoms with Gasteiger partial charge in [-0.15, -0.1) is 0 Å². The summed E-state index contributed by atoms with van der Waals surface area (Å²) in [6.45, 7) is 3.13. The van der Waals surface area contributed by atoms with Gasteiger partial charge in [-0.1, -0.05) is 135 Å². The second-order valence-corrected chi connectivity index (χ2v) is 7.98. The first-order valence-electron chi connectivity index (χ1n) is 11.8. The van der Waals surface area contributed by atoms with Gasteiger partial charge in [0.2, 0.25) is 0 Å². The Morgan fingerprint density at radius 3 is 0.880 bits per heavy atom. The van der Waals surface area contributed by atoms with E-state index in [9.17, 15) is 0 Å². The average molecular weight is 354 g/mol. The predicted octanol–water partition coefficient (Wildman–Crippen LogP) is 9.01. The van der Waals surface area contributed by atoms with Gasteiger partial charge in [0, 0.05) is 6.61 Å². The molecule has 0 N–H and O–H groups in total. The van der Waals surface area contributed by atoms with E-state index >= 15 is 0 Å². The van der Waals surface area contributed by atoms with Crippen molar-refractivity contribution in [3.8, 4) is 0 Å². The van der Waals surface area contributed by atoms with Crippen molar-refractivity contribution in [3.05, 3.63) is 7.11 Å². The van der Waals surface area contributed by atoms with E-state index in [2.05, 4.69) is 14.0 Å². The largest absolute Gasteiger partial charge is 0.379 e. The molecular weight excluding hydrogens is 304 g/mol. The van der Waals surface area contributed by atoms with Crippen molar-refractivity contribution < 1.29 is 4.74 Å². The summed E-state index contributed by atoms with van der Waals surface area (Å²) >= 11 is 0. The van der Waals surface area contributed by atoms with Gasteiger partial charge in [0.05, 0.1) is 7.11 Å². The molecule has 0 aliphatic rings. The smallest absolute Gasteiger partial charge is 0.0700 e. The first-order valence-corrected chi connectivity index (χ1v) is 11.8. The molecule has 1 heteroatoms. The Morgan fingerprint density at radius 2 is 0.640 bits per heavy atom. The minimum Gasteiger partial charge on any atom is -0.379 e. The van der Waals surface area contributed by atoms with Gasteiger partial charge >= 0.3 is 0 Å². The van der Waals surface area contributed by atoms with Crippen LogP contribution in [-0.2, 0) is 4.74 Å². The molecule has 1 nitrogen and oxygen atoms in total. The van der Waals surface area contributed by atoms with Crippen LogP contribution in [0.1, 0.15) is 142 Å². The highest BCUT2D eigenvalue weighted by Crippen LogP contribution is 2.14. The molecule has 0 unspecified atom stereocenters. The van der Waals surface area contributed by atoms with Crippen LogP contribution >= 0.6 is 0 Å². The van der Waals surface area contributed by atoms with E-state index in [-0.39, 0.29) is 0 Å². The molecule has 0 rings (SSSR count). The molecule has 0 heterocycles. The van der Waals surface area contributed by atoms with Gasteiger partial charge < -0.3 is 4.74 Å². The maximum atomic E-state index is 4.83. The molecule has 0 saturated carbocycles. The lowest BCUT2D eigenvalue weighted by Crippen LogP contribution is -1.87. The SMILES string of the molecule is [CH2]OCCCCCCCCCCCCCCCCCCCCCCC. The van der Waals surface area contributed by atoms with Crippen LogP contribution in [0.3, 0.4) is 0 Å². The van der Waals surface area contributed by atoms with Gasteiger partial charge in [-0.05, 0) is 6.42 Å². The Labute approximate surface area is 160 Å². The van der Waals surface area contributed by atoms with Crippen LogP contribution in [0.15, 0.2) is 0 Å². The first-order chi connectivity index (χ1) is 12.4. The van der Waals surface area contributed by atoms with Gasteiger partial charge in [-0.3, -0.25) is 0 Å². The number of ether oxygens (including phenoxy) is 1. The molecule has 0 spiro atoms. The maximum Gasteiger partial charge on any atom is 0.0700 e. The second kappa shape index (κ2) is 24.0. The molecule has 0 fully saturated rings. The summed E-state index contributed by atoms with van der Waals surface area (Å²) in [6, 6.07) is 0. The normalized spacial score (nSPS) is 11.3. The van der Waals surface area contributed by atoms with Gasteiger partial charge in [0.1, 0.15) is 0 Å². The quantitative estimate of drug-likeness (QED) is 0.176. The Bertz CT molecular complexity index is 192. The number of hydrogen-bond donors (Lipinski definition) is 0. The first kappa shape index (κ1) is 25.0. The van der Waals surface area contributed by atoms with Crippen molar-refractivity contribution in [2.45, 2.75) is 142 Å². The minimum atomic E-state index is 0.832. The highest BCUT2D eigenvalue weighted by molar-refractivity contribution is 4.51. The lowest BCUT2D eigenvalue weighted by molar-refractivity contribution is 0.233. The van der Waals surface area contributed by atoms with Crippen LogP contribution in [0, 0.1) is 7.11 Å². The molecule has 0 aliphatic heterocycles. The standard InChI is InChI=1S/C24H49O/c1-3-4-5-6-7-8-9-10-11-12-13-14-15-16-17-18-19-20-21-22-23-24-25-2/h2-24H2,1H3. The Kier molecular flexibility index (Phi) is 23.9. The number of unbranched alkanes of at least 4 members (excludes halogenated alkanes) is 20. The predicted molar refractivity (Wildman–Crippen MR) is 114 cm³/mol. The third-order valence-corrected chi connectivity index (χ3v) is 5.39. The van der Waals surface area contributed by atoms with Crippen molar-refractivity contribution in [2.24, 2.45) is 0 Å². The molecule has 0 atom stereocenters. The van der Waals surface area contributed by atoms with Gasteiger partial charge in [-0.25, -0.2) is 0 Å². The molecule has 25 heavy (non-hydrogen) atoms. The lowest BCUT2D eigenvalue weighted by atomic mass is 10.0. The van der Waals surface area contributed by atoms with Crippen molar-refractivity contribution in [1.82, 2.24) is 0 Å². The van der Waals surface area contributed by atoms with Gasteiger partial charge in [0.25, 0.3) is 0 Å². The van der Waals surface area contributed by atoms with E-state index in [1.54, 1.807) is 0 Å². The highest BCUT2D eigenvalue weighted by Gasteiger charge is 1.95. The molecule has 0 aromatic rings. The fraction of sp³-hybridized carbons (Fsp3) is 0.958. The van der Waals surface area contributed by atoms with Crippen LogP contribution in [-0.4, -0.2) is 6.61 Å². The van der Waals surface area contributed by atoms with Gasteiger partial charge in [-0.2, -0.15) is 0 Å². The van der Waals surface area contributed by atoms with E-state index < -0.39 is 0 Å². The summed E-state index contributed by atoms with van der Waals surface area (Å²) < 4.78 is 4.83. The van der Waals surface area contributed by atoms with Crippen LogP contribution < -0.4 is 0 Å². The number of hydrogen-bond acceptors (Lipinski definition) is 1. The Balaban J connectivity index is 2.94. The molecule has 0 amide bonds. The monoisotopic (exact) mass is 353 g/mol. The summed E-state index contributed by atoms with van der Waals surface area (Å²) in [6.07, 6.45) is 30.1. The molecule has 151 valence electrons. The molecule has 0 bridgehead atoms. The third-order valence-electron chi connectivity index (χ3n) is 5.39. The topological polar surface area (TPSA) is 9.23 Å². The fourth-order valence-electron chi connectivity index (χ4n) is 3.64. The van der Waals surface area contributed by atoms with Crippen LogP contribution in [0.4, 0.5) is 0 Å². The zero-order valence-corrected chi connectivity index (χ0v) is 17.7. The summed E-state index contributed by atoms with van der Waals surface area (Å²) in [4.78, 5) is 0. The summed E-state index contributed by atoms with van der Waals surface area (Å²) in [5.41, 5.74) is 0. The average Bonchev–Trinajstić information content (AvgIpc) is 2.63. The van der Waals surface area contributed by atoms with E-state index in [1.165, 1.54) is 135 Å². The molecule has 0 aliphatic carbocycles. The zero-order chi connectivity index (χ0) is 18.3. The van der Waals surface area contributed by atoms with Crippen LogP contribution in [0.2, 0.25) is 0 Å². The Morgan fingerprint density at radius 1 is 0.400 bits per heavy atom. The second-order valence-electron chi connectivity index (χ2n) is 7.98. The summed E-state index contributed by atoms with van der Waals surface area (Å²) in [5.74, 6) is 0. The fourth-order valence-corrected chi connectivity index (χ4v) is 3.64. The highest BCUT2D eigenvalue weighted by atomic mass is 16.5. The maximum absolute atomic E-state index is 4.83. The van der Waals surface area contributed by atoms with Crippen LogP contribution in [0.5, 0.6) is 0 Å². The third kappa shape index (κ3) is 24.0. The molecule has 0 aromatic heterocycles. The van der Waals surface area contributed by atoms with Crippen molar-refractivity contribution >= 4 is 0 Å². The lowest BCUT2D eigenvalue weighted by Gasteiger charge is -2.04.